The second kappa shape index (κ2) is 9.27. The number of aryl methyl sites for hydroxylation is 1. The summed E-state index contributed by atoms with van der Waals surface area (Å²) in [5.74, 6) is -2.78. The Kier molecular flexibility index (Phi) is 6.71. The van der Waals surface area contributed by atoms with Gasteiger partial charge in [-0.2, -0.15) is 18.3 Å². The van der Waals surface area contributed by atoms with Crippen LogP contribution >= 0.6 is 0 Å². The molecule has 0 aliphatic carbocycles. The molecule has 0 radical (unpaired) electrons. The molecule has 0 aliphatic rings. The monoisotopic (exact) mass is 436 g/mol. The van der Waals surface area contributed by atoms with Crippen molar-refractivity contribution in [3.63, 3.8) is 0 Å². The van der Waals surface area contributed by atoms with Gasteiger partial charge in [-0.15, -0.1) is 5.10 Å². The molecule has 0 spiro atoms. The van der Waals surface area contributed by atoms with E-state index in [2.05, 4.69) is 20.2 Å². The van der Waals surface area contributed by atoms with Gasteiger partial charge < -0.3 is 4.74 Å². The number of hydrogen-bond donors (Lipinski definition) is 0. The van der Waals surface area contributed by atoms with Crippen molar-refractivity contribution >= 4 is 11.6 Å². The van der Waals surface area contributed by atoms with E-state index in [9.17, 15) is 18.0 Å². The van der Waals surface area contributed by atoms with E-state index in [0.717, 1.165) is 10.8 Å². The Morgan fingerprint density at radius 1 is 1.32 bits per heavy atom. The molecule has 3 aromatic rings. The van der Waals surface area contributed by atoms with E-state index in [-0.39, 0.29) is 17.9 Å². The van der Waals surface area contributed by atoms with Crippen molar-refractivity contribution in [3.8, 4) is 0 Å². The van der Waals surface area contributed by atoms with Crippen LogP contribution in [0, 0.1) is 0 Å². The molecule has 0 amide bonds. The zero-order valence-corrected chi connectivity index (χ0v) is 17.4. The molecule has 0 bridgehead atoms. The van der Waals surface area contributed by atoms with Crippen molar-refractivity contribution < 1.29 is 22.7 Å². The number of carbonyl (C=O) groups excluding carboxylic acids is 1. The molecule has 3 aromatic heterocycles. The number of carbonyl (C=O) groups is 1. The van der Waals surface area contributed by atoms with Gasteiger partial charge in [0.05, 0.1) is 24.5 Å². The van der Waals surface area contributed by atoms with Crippen molar-refractivity contribution in [2.45, 2.75) is 52.3 Å². The molecule has 0 aromatic carbocycles. The minimum atomic E-state index is -4.69. The highest BCUT2D eigenvalue weighted by Gasteiger charge is 2.38. The van der Waals surface area contributed by atoms with Crippen LogP contribution in [-0.4, -0.2) is 41.9 Å². The number of allylic oxidation sites excluding steroid dienone is 2. The van der Waals surface area contributed by atoms with Crippen LogP contribution in [0.15, 0.2) is 30.7 Å². The van der Waals surface area contributed by atoms with Gasteiger partial charge in [0, 0.05) is 11.8 Å². The van der Waals surface area contributed by atoms with Gasteiger partial charge in [0.2, 0.25) is 0 Å². The van der Waals surface area contributed by atoms with Crippen molar-refractivity contribution in [1.29, 1.82) is 0 Å². The third kappa shape index (κ3) is 4.59. The van der Waals surface area contributed by atoms with Gasteiger partial charge in [-0.1, -0.05) is 25.5 Å². The molecule has 0 N–H and O–H groups in total. The molecular formula is C20H23F3N6O2. The Labute approximate surface area is 176 Å². The highest BCUT2D eigenvalue weighted by molar-refractivity contribution is 5.82. The number of hydrogen-bond acceptors (Lipinski definition) is 6. The van der Waals surface area contributed by atoms with Crippen LogP contribution in [0.4, 0.5) is 13.2 Å². The fraction of sp³-hybridized carbons (Fsp3) is 0.450. The van der Waals surface area contributed by atoms with Gasteiger partial charge in [0.15, 0.2) is 5.65 Å². The van der Waals surface area contributed by atoms with Crippen molar-refractivity contribution in [1.82, 2.24) is 29.4 Å². The van der Waals surface area contributed by atoms with E-state index < -0.39 is 23.9 Å². The lowest BCUT2D eigenvalue weighted by Crippen LogP contribution is -2.23. The van der Waals surface area contributed by atoms with Crippen molar-refractivity contribution in [2.75, 3.05) is 6.61 Å². The lowest BCUT2D eigenvalue weighted by atomic mass is 9.95. The van der Waals surface area contributed by atoms with Gasteiger partial charge in [-0.3, -0.25) is 9.48 Å². The first-order valence-electron chi connectivity index (χ1n) is 9.92. The maximum Gasteiger partial charge on any atom is 0.453 e. The average molecular weight is 436 g/mol. The van der Waals surface area contributed by atoms with Crippen LogP contribution in [0.5, 0.6) is 0 Å². The third-order valence-electron chi connectivity index (χ3n) is 4.63. The summed E-state index contributed by atoms with van der Waals surface area (Å²) in [6.45, 7) is 5.99. The second-order valence-corrected chi connectivity index (χ2v) is 6.75. The lowest BCUT2D eigenvalue weighted by Gasteiger charge is -2.19. The van der Waals surface area contributed by atoms with Crippen LogP contribution in [0.2, 0.25) is 0 Å². The van der Waals surface area contributed by atoms with E-state index in [1.165, 1.54) is 0 Å². The smallest absolute Gasteiger partial charge is 0.453 e. The van der Waals surface area contributed by atoms with E-state index in [1.54, 1.807) is 23.9 Å². The summed E-state index contributed by atoms with van der Waals surface area (Å²) in [7, 11) is 0. The fourth-order valence-corrected chi connectivity index (χ4v) is 3.32. The minimum Gasteiger partial charge on any atom is -0.465 e. The number of fused-ring (bicyclic) bond motifs is 1. The van der Waals surface area contributed by atoms with Gasteiger partial charge in [-0.25, -0.2) is 14.5 Å². The molecule has 0 saturated carbocycles. The van der Waals surface area contributed by atoms with Crippen LogP contribution in [-0.2, 0) is 28.7 Å². The number of aromatic nitrogens is 6. The largest absolute Gasteiger partial charge is 0.465 e. The molecule has 0 fully saturated rings. The van der Waals surface area contributed by atoms with E-state index in [4.69, 9.17) is 4.74 Å². The normalized spacial score (nSPS) is 13.2. The summed E-state index contributed by atoms with van der Waals surface area (Å²) in [6.07, 6.45) is 2.70. The van der Waals surface area contributed by atoms with E-state index >= 15 is 0 Å². The molecule has 166 valence electrons. The maximum absolute atomic E-state index is 13.2. The first-order valence-corrected chi connectivity index (χ1v) is 9.92. The van der Waals surface area contributed by atoms with Gasteiger partial charge >= 0.3 is 12.1 Å². The van der Waals surface area contributed by atoms with Crippen LogP contribution in [0.25, 0.3) is 5.65 Å². The molecule has 1 atom stereocenters. The average Bonchev–Trinajstić information content (AvgIpc) is 3.35. The molecule has 0 aliphatic heterocycles. The Hall–Kier alpha value is -3.24. The molecular weight excluding hydrogens is 413 g/mol. The number of halogens is 3. The summed E-state index contributed by atoms with van der Waals surface area (Å²) in [4.78, 5) is 21.0. The minimum absolute atomic E-state index is 0.0213. The zero-order valence-electron chi connectivity index (χ0n) is 17.4. The van der Waals surface area contributed by atoms with Crippen molar-refractivity contribution in [3.05, 3.63) is 53.5 Å². The van der Waals surface area contributed by atoms with E-state index in [0.29, 0.717) is 30.6 Å². The molecule has 3 rings (SSSR count). The third-order valence-corrected chi connectivity index (χ3v) is 4.63. The second-order valence-electron chi connectivity index (χ2n) is 6.75. The molecule has 11 heteroatoms. The fourth-order valence-electron chi connectivity index (χ4n) is 3.32. The Bertz CT molecular complexity index is 1090. The number of alkyl halides is 3. The highest BCUT2D eigenvalue weighted by atomic mass is 19.4. The Morgan fingerprint density at radius 3 is 2.74 bits per heavy atom. The first kappa shape index (κ1) is 22.4. The number of esters is 1. The van der Waals surface area contributed by atoms with Crippen LogP contribution in [0.1, 0.15) is 55.9 Å². The highest BCUT2D eigenvalue weighted by Crippen LogP contribution is 2.32. The predicted octanol–water partition coefficient (Wildman–Crippen LogP) is 3.56. The summed E-state index contributed by atoms with van der Waals surface area (Å²) in [5, 5.41) is 7.77. The number of rotatable bonds is 8. The SMILES string of the molecule is C/C=C\Cn1nccc1C(C(=O)OCC)c1ncn2nc(C(F)(F)F)nc2c1CCC. The maximum atomic E-state index is 13.2. The molecule has 8 nitrogen and oxygen atoms in total. The Morgan fingerprint density at radius 2 is 2.10 bits per heavy atom. The predicted molar refractivity (Wildman–Crippen MR) is 105 cm³/mol. The van der Waals surface area contributed by atoms with E-state index in [1.807, 2.05) is 26.0 Å². The van der Waals surface area contributed by atoms with Crippen LogP contribution < -0.4 is 0 Å². The quantitative estimate of drug-likeness (QED) is 0.396. The summed E-state index contributed by atoms with van der Waals surface area (Å²) >= 11 is 0. The Balaban J connectivity index is 2.23. The van der Waals surface area contributed by atoms with Crippen molar-refractivity contribution in [2.24, 2.45) is 0 Å². The number of ether oxygens (including phenoxy) is 1. The molecule has 31 heavy (non-hydrogen) atoms. The van der Waals surface area contributed by atoms with Crippen LogP contribution in [0.3, 0.4) is 0 Å². The van der Waals surface area contributed by atoms with Gasteiger partial charge in [-0.05, 0) is 26.3 Å². The molecule has 1 unspecified atom stereocenters. The zero-order chi connectivity index (χ0) is 22.6. The molecule has 3 heterocycles. The van der Waals surface area contributed by atoms with Gasteiger partial charge in [0.1, 0.15) is 12.2 Å². The summed E-state index contributed by atoms with van der Waals surface area (Å²) < 4.78 is 47.4. The number of nitrogens with zero attached hydrogens (tertiary/aromatic N) is 6. The standard InChI is InChI=1S/C20H23F3N6O2/c1-4-7-11-28-14(9-10-25-28)15(18(30)31-6-3)16-13(8-5-2)17-26-19(20(21,22)23)27-29(17)12-24-16/h4,7,9-10,12,15H,5-6,8,11H2,1-3H3/b7-4-. The first-order chi connectivity index (χ1) is 14.8. The summed E-state index contributed by atoms with van der Waals surface area (Å²) in [6, 6.07) is 1.68. The lowest BCUT2D eigenvalue weighted by molar-refractivity contribution is -0.145. The topological polar surface area (TPSA) is 87.2 Å². The van der Waals surface area contributed by atoms with Gasteiger partial charge in [0.25, 0.3) is 5.82 Å². The molecule has 0 saturated heterocycles. The summed E-state index contributed by atoms with van der Waals surface area (Å²) in [5.41, 5.74) is 1.26.